The van der Waals surface area contributed by atoms with Crippen molar-refractivity contribution in [1.82, 2.24) is 30.5 Å². The summed E-state index contributed by atoms with van der Waals surface area (Å²) in [5.41, 5.74) is 17.3. The van der Waals surface area contributed by atoms with Crippen LogP contribution in [0.1, 0.15) is 31.1 Å². The summed E-state index contributed by atoms with van der Waals surface area (Å²) in [7, 11) is 7.78. The average Bonchev–Trinajstić information content (AvgIpc) is 3.62. The van der Waals surface area contributed by atoms with Crippen LogP contribution in [0.15, 0.2) is 66.0 Å². The first-order chi connectivity index (χ1) is 16.8. The second kappa shape index (κ2) is 9.93. The van der Waals surface area contributed by atoms with Crippen molar-refractivity contribution in [3.63, 3.8) is 0 Å². The Labute approximate surface area is 213 Å². The van der Waals surface area contributed by atoms with Crippen molar-refractivity contribution in [1.29, 1.82) is 0 Å². The second-order valence-electron chi connectivity index (χ2n) is 9.96. The fourth-order valence-corrected chi connectivity index (χ4v) is 4.87. The third-order valence-electron chi connectivity index (χ3n) is 7.03. The molecule has 9 nitrogen and oxygen atoms in total. The minimum Gasteiger partial charge on any atom is -0.499 e. The standard InChI is InChI=1S/C27H35N7O.N/c1-32(2)13-14-33(3)24-15-25(35-4)27(29,16-21(24)28)26-30-12-11-22(31-26)20-17-34(18-9-10-18)23-8-6-5-7-19(20)23;/h5-8,11-12,15,17-18H,9-10,13-14,16,28-29H2,1-4H3;. The van der Waals surface area contributed by atoms with Gasteiger partial charge in [0.05, 0.1) is 18.5 Å². The van der Waals surface area contributed by atoms with Crippen molar-refractivity contribution < 1.29 is 4.74 Å². The molecule has 0 saturated heterocycles. The predicted octanol–water partition coefficient (Wildman–Crippen LogP) is 2.70. The Hall–Kier alpha value is -3.40. The highest BCUT2D eigenvalue weighted by molar-refractivity contribution is 5.95. The Bertz CT molecular complexity index is 1310. The summed E-state index contributed by atoms with van der Waals surface area (Å²) in [6.07, 6.45) is 8.75. The molecule has 189 valence electrons. The van der Waals surface area contributed by atoms with Crippen molar-refractivity contribution in [3.8, 4) is 11.3 Å². The summed E-state index contributed by atoms with van der Waals surface area (Å²) in [5.74, 6) is 1.11. The van der Waals surface area contributed by atoms with Crippen molar-refractivity contribution >= 4 is 10.9 Å². The van der Waals surface area contributed by atoms with E-state index in [-0.39, 0.29) is 6.15 Å². The Morgan fingerprint density at radius 2 is 1.89 bits per heavy atom. The van der Waals surface area contributed by atoms with Gasteiger partial charge in [-0.25, -0.2) is 9.97 Å². The van der Waals surface area contributed by atoms with Gasteiger partial charge in [-0.15, -0.1) is 0 Å². The average molecular weight is 488 g/mol. The van der Waals surface area contributed by atoms with Gasteiger partial charge >= 0.3 is 0 Å². The van der Waals surface area contributed by atoms with Crippen molar-refractivity contribution in [3.05, 3.63) is 71.8 Å². The third kappa shape index (κ3) is 4.57. The molecule has 0 aliphatic heterocycles. The van der Waals surface area contributed by atoms with Crippen molar-refractivity contribution in [2.45, 2.75) is 30.8 Å². The van der Waals surface area contributed by atoms with Gasteiger partial charge in [0.1, 0.15) is 11.3 Å². The van der Waals surface area contributed by atoms with Gasteiger partial charge in [0.2, 0.25) is 0 Å². The monoisotopic (exact) mass is 487 g/mol. The topological polar surface area (TPSA) is 129 Å². The number of benzene rings is 1. The molecule has 4 N–H and O–H groups in total. The lowest BCUT2D eigenvalue weighted by Gasteiger charge is -2.36. The fraction of sp³-hybridized carbons (Fsp3) is 0.407. The summed E-state index contributed by atoms with van der Waals surface area (Å²) in [6, 6.07) is 11.0. The molecule has 1 unspecified atom stereocenters. The van der Waals surface area contributed by atoms with E-state index in [1.54, 1.807) is 13.3 Å². The number of allylic oxidation sites excluding steroid dienone is 1. The lowest BCUT2D eigenvalue weighted by atomic mass is 9.85. The van der Waals surface area contributed by atoms with E-state index in [9.17, 15) is 0 Å². The summed E-state index contributed by atoms with van der Waals surface area (Å²) >= 11 is 0. The smallest absolute Gasteiger partial charge is 0.156 e. The highest BCUT2D eigenvalue weighted by atomic mass is 16.5. The lowest BCUT2D eigenvalue weighted by Crippen LogP contribution is -2.45. The highest BCUT2D eigenvalue weighted by Gasteiger charge is 2.41. The first-order valence-corrected chi connectivity index (χ1v) is 12.1. The van der Waals surface area contributed by atoms with Gasteiger partial charge in [-0.05, 0) is 39.1 Å². The van der Waals surface area contributed by atoms with Gasteiger partial charge in [0.15, 0.2) is 5.82 Å². The Morgan fingerprint density at radius 1 is 1.14 bits per heavy atom. The quantitative estimate of drug-likeness (QED) is 0.500. The second-order valence-corrected chi connectivity index (χ2v) is 9.96. The zero-order valence-electron chi connectivity index (χ0n) is 21.5. The number of methoxy groups -OCH3 is 1. The molecule has 2 aliphatic rings. The molecule has 1 aromatic carbocycles. The summed E-state index contributed by atoms with van der Waals surface area (Å²) < 4.78 is 8.18. The van der Waals surface area contributed by atoms with Crippen LogP contribution >= 0.6 is 0 Å². The molecule has 36 heavy (non-hydrogen) atoms. The minimum absolute atomic E-state index is 0. The molecule has 0 bridgehead atoms. The van der Waals surface area contributed by atoms with Crippen LogP contribution in [-0.2, 0) is 10.3 Å². The van der Waals surface area contributed by atoms with Gasteiger partial charge in [-0.3, -0.25) is 0 Å². The highest BCUT2D eigenvalue weighted by Crippen LogP contribution is 2.42. The maximum absolute atomic E-state index is 6.97. The van der Waals surface area contributed by atoms with Crippen LogP contribution in [0.25, 0.3) is 22.2 Å². The molecule has 0 spiro atoms. The Balaban J connectivity index is 0.00000304. The van der Waals surface area contributed by atoms with E-state index < -0.39 is 5.54 Å². The molecular weight excluding hydrogens is 452 g/mol. The van der Waals surface area contributed by atoms with Gasteiger partial charge < -0.3 is 30.6 Å². The maximum Gasteiger partial charge on any atom is 0.156 e. The summed E-state index contributed by atoms with van der Waals surface area (Å²) in [5, 5.41) is 1.19. The summed E-state index contributed by atoms with van der Waals surface area (Å²) in [6.45, 7) is 1.75. The number of likely N-dealkylation sites (N-methyl/N-ethyl adjacent to an activating group) is 2. The van der Waals surface area contributed by atoms with Crippen LogP contribution in [0.4, 0.5) is 0 Å². The van der Waals surface area contributed by atoms with Crippen LogP contribution in [0.2, 0.25) is 0 Å². The van der Waals surface area contributed by atoms with Crippen LogP contribution in [0.3, 0.4) is 0 Å². The van der Waals surface area contributed by atoms with Crippen LogP contribution in [0.5, 0.6) is 0 Å². The zero-order valence-corrected chi connectivity index (χ0v) is 21.5. The molecule has 5 rings (SSSR count). The number of aromatic nitrogens is 3. The van der Waals surface area contributed by atoms with Gasteiger partial charge in [0, 0.05) is 79.4 Å². The van der Waals surface area contributed by atoms with Crippen LogP contribution < -0.4 is 17.6 Å². The maximum atomic E-state index is 6.97. The molecule has 2 heterocycles. The van der Waals surface area contributed by atoms with E-state index in [1.807, 2.05) is 19.2 Å². The van der Waals surface area contributed by atoms with E-state index in [0.717, 1.165) is 30.0 Å². The number of nitrogens with zero attached hydrogens (tertiary/aromatic N) is 6. The van der Waals surface area contributed by atoms with E-state index in [0.29, 0.717) is 29.7 Å². The molecule has 0 amide bonds. The Kier molecular flexibility index (Phi) is 7.08. The third-order valence-corrected chi connectivity index (χ3v) is 7.03. The molecule has 2 aromatic heterocycles. The molecule has 1 atom stereocenters. The number of fused-ring (bicyclic) bond motifs is 1. The molecule has 2 aliphatic carbocycles. The van der Waals surface area contributed by atoms with Crippen molar-refractivity contribution in [2.24, 2.45) is 11.5 Å². The van der Waals surface area contributed by atoms with E-state index in [1.165, 1.54) is 23.7 Å². The normalized spacial score (nSPS) is 19.9. The van der Waals surface area contributed by atoms with Gasteiger partial charge in [-0.2, -0.15) is 0 Å². The van der Waals surface area contributed by atoms with Crippen LogP contribution in [0, 0.1) is 0 Å². The van der Waals surface area contributed by atoms with Crippen molar-refractivity contribution in [2.75, 3.05) is 41.3 Å². The van der Waals surface area contributed by atoms with Crippen LogP contribution in [-0.4, -0.2) is 65.7 Å². The number of hydrogen-bond acceptors (Lipinski definition) is 7. The number of rotatable bonds is 8. The lowest BCUT2D eigenvalue weighted by molar-refractivity contribution is 0.205. The first kappa shape index (κ1) is 25.7. The van der Waals surface area contributed by atoms with Gasteiger partial charge in [-0.1, -0.05) is 18.2 Å². The molecule has 1 saturated carbocycles. The fourth-order valence-electron chi connectivity index (χ4n) is 4.87. The largest absolute Gasteiger partial charge is 0.499 e. The molecule has 3 aromatic rings. The molecular formula is C27H35N8O. The SMILES string of the molecule is COC1=CC(N(C)CCN(C)C)=C(N)CC1(N)c1nccc(-c2cn(C3CC3)c3ccccc23)n1.[N]. The van der Waals surface area contributed by atoms with E-state index in [2.05, 4.69) is 63.9 Å². The zero-order chi connectivity index (χ0) is 24.7. The minimum atomic E-state index is -1.05. The number of ether oxygens (including phenoxy) is 1. The Morgan fingerprint density at radius 3 is 2.58 bits per heavy atom. The molecule has 1 fully saturated rings. The number of hydrogen-bond donors (Lipinski definition) is 2. The molecule has 3 radical (unpaired) electrons. The van der Waals surface area contributed by atoms with E-state index >= 15 is 0 Å². The summed E-state index contributed by atoms with van der Waals surface area (Å²) in [4.78, 5) is 13.8. The van der Waals surface area contributed by atoms with E-state index in [4.69, 9.17) is 21.2 Å². The first-order valence-electron chi connectivity index (χ1n) is 12.1. The molecule has 9 heteroatoms. The number of nitrogens with two attached hydrogens (primary N) is 2. The number of para-hydroxylation sites is 1. The van der Waals surface area contributed by atoms with Gasteiger partial charge in [0.25, 0.3) is 0 Å². The predicted molar refractivity (Wildman–Crippen MR) is 141 cm³/mol.